The zero-order chi connectivity index (χ0) is 20.4. The molecule has 8 heteroatoms. The molecule has 3 aromatic rings. The molecule has 1 amide bonds. The van der Waals surface area contributed by atoms with E-state index in [1.54, 1.807) is 24.3 Å². The summed E-state index contributed by atoms with van der Waals surface area (Å²) < 4.78 is 10.9. The second-order valence-electron chi connectivity index (χ2n) is 6.80. The van der Waals surface area contributed by atoms with E-state index >= 15 is 0 Å². The predicted molar refractivity (Wildman–Crippen MR) is 103 cm³/mol. The first-order valence-electron chi connectivity index (χ1n) is 9.16. The summed E-state index contributed by atoms with van der Waals surface area (Å²) in [5.74, 6) is -0.527. The number of morpholine rings is 1. The molecular weight excluding hydrogens is 374 g/mol. The van der Waals surface area contributed by atoms with Gasteiger partial charge < -0.3 is 19.2 Å². The Labute approximate surface area is 166 Å². The zero-order valence-electron chi connectivity index (χ0n) is 15.7. The molecule has 1 aliphatic rings. The lowest BCUT2D eigenvalue weighted by atomic mass is 10.1. The van der Waals surface area contributed by atoms with Crippen LogP contribution < -0.4 is 0 Å². The lowest BCUT2D eigenvalue weighted by Crippen LogP contribution is -2.48. The van der Waals surface area contributed by atoms with Crippen molar-refractivity contribution in [3.8, 4) is 22.9 Å². The van der Waals surface area contributed by atoms with Gasteiger partial charge in [0, 0.05) is 23.2 Å². The Morgan fingerprint density at radius 3 is 2.17 bits per heavy atom. The van der Waals surface area contributed by atoms with Crippen LogP contribution in [0.15, 0.2) is 52.9 Å². The first kappa shape index (κ1) is 18.8. The highest BCUT2D eigenvalue weighted by Crippen LogP contribution is 2.24. The van der Waals surface area contributed by atoms with Gasteiger partial charge in [0.05, 0.1) is 13.2 Å². The summed E-state index contributed by atoms with van der Waals surface area (Å²) in [6.07, 6.45) is -0.995. The summed E-state index contributed by atoms with van der Waals surface area (Å²) in [7, 11) is 0. The quantitative estimate of drug-likeness (QED) is 0.726. The molecule has 0 spiro atoms. The number of aryl methyl sites for hydroxylation is 1. The second kappa shape index (κ2) is 7.84. The van der Waals surface area contributed by atoms with Crippen LogP contribution in [0.1, 0.15) is 15.9 Å². The molecule has 1 N–H and O–H groups in total. The van der Waals surface area contributed by atoms with Gasteiger partial charge in [-0.15, -0.1) is 10.2 Å². The number of carbonyl (C=O) groups is 2. The Morgan fingerprint density at radius 1 is 1.00 bits per heavy atom. The van der Waals surface area contributed by atoms with Crippen molar-refractivity contribution in [1.82, 2.24) is 15.1 Å². The second-order valence-corrected chi connectivity index (χ2v) is 6.80. The summed E-state index contributed by atoms with van der Waals surface area (Å²) in [6.45, 7) is 2.59. The molecule has 1 saturated heterocycles. The van der Waals surface area contributed by atoms with E-state index in [1.807, 2.05) is 31.2 Å². The molecule has 1 atom stereocenters. The van der Waals surface area contributed by atoms with E-state index in [-0.39, 0.29) is 19.1 Å². The first-order chi connectivity index (χ1) is 14.0. The fraction of sp³-hybridized carbons (Fsp3) is 0.238. The molecule has 29 heavy (non-hydrogen) atoms. The van der Waals surface area contributed by atoms with Crippen molar-refractivity contribution in [3.05, 3.63) is 59.7 Å². The van der Waals surface area contributed by atoms with E-state index in [0.29, 0.717) is 29.5 Å². The number of rotatable bonds is 4. The van der Waals surface area contributed by atoms with Gasteiger partial charge in [-0.2, -0.15) is 0 Å². The summed E-state index contributed by atoms with van der Waals surface area (Å²) in [5.41, 5.74) is 3.13. The molecule has 0 aliphatic carbocycles. The van der Waals surface area contributed by atoms with Crippen molar-refractivity contribution in [2.45, 2.75) is 13.0 Å². The average molecular weight is 393 g/mol. The molecule has 0 saturated carbocycles. The minimum absolute atomic E-state index is 0.0273. The highest BCUT2D eigenvalue weighted by Gasteiger charge is 2.29. The molecule has 2 aromatic carbocycles. The number of aromatic nitrogens is 2. The molecule has 148 valence electrons. The average Bonchev–Trinajstić information content (AvgIpc) is 3.24. The smallest absolute Gasteiger partial charge is 0.334 e. The number of carboxylic acid groups (broad SMARTS) is 1. The van der Waals surface area contributed by atoms with Gasteiger partial charge in [0.15, 0.2) is 6.10 Å². The van der Waals surface area contributed by atoms with Crippen molar-refractivity contribution < 1.29 is 23.8 Å². The van der Waals surface area contributed by atoms with Crippen LogP contribution in [0.25, 0.3) is 22.9 Å². The van der Waals surface area contributed by atoms with Gasteiger partial charge in [-0.1, -0.05) is 17.7 Å². The molecule has 0 unspecified atom stereocenters. The number of hydrogen-bond donors (Lipinski definition) is 1. The van der Waals surface area contributed by atoms with E-state index < -0.39 is 12.1 Å². The number of hydrogen-bond acceptors (Lipinski definition) is 6. The van der Waals surface area contributed by atoms with Gasteiger partial charge in [-0.05, 0) is 43.3 Å². The molecule has 1 aliphatic heterocycles. The van der Waals surface area contributed by atoms with Crippen LogP contribution in [-0.2, 0) is 9.53 Å². The van der Waals surface area contributed by atoms with E-state index in [4.69, 9.17) is 14.3 Å². The number of nitrogens with zero attached hydrogens (tertiary/aromatic N) is 3. The first-order valence-corrected chi connectivity index (χ1v) is 9.16. The van der Waals surface area contributed by atoms with E-state index in [9.17, 15) is 9.59 Å². The van der Waals surface area contributed by atoms with Gasteiger partial charge in [-0.25, -0.2) is 4.79 Å². The lowest BCUT2D eigenvalue weighted by Gasteiger charge is -2.30. The van der Waals surface area contributed by atoms with Crippen LogP contribution in [0.3, 0.4) is 0 Å². The number of amides is 1. The number of carbonyl (C=O) groups excluding carboxylic acids is 1. The SMILES string of the molecule is Cc1ccc(-c2nnc(-c3ccc(C(=O)N4CCO[C@@H](C(=O)O)C4)cc3)o2)cc1. The molecule has 4 rings (SSSR count). The molecule has 0 bridgehead atoms. The fourth-order valence-electron chi connectivity index (χ4n) is 3.07. The summed E-state index contributed by atoms with van der Waals surface area (Å²) in [4.78, 5) is 25.2. The maximum Gasteiger partial charge on any atom is 0.334 e. The normalized spacial score (nSPS) is 16.6. The summed E-state index contributed by atoms with van der Waals surface area (Å²) >= 11 is 0. The number of aliphatic carboxylic acids is 1. The monoisotopic (exact) mass is 393 g/mol. The Kier molecular flexibility index (Phi) is 5.09. The van der Waals surface area contributed by atoms with E-state index in [1.165, 1.54) is 4.90 Å². The fourth-order valence-corrected chi connectivity index (χ4v) is 3.07. The van der Waals surface area contributed by atoms with Crippen molar-refractivity contribution in [2.24, 2.45) is 0 Å². The molecule has 2 heterocycles. The summed E-state index contributed by atoms with van der Waals surface area (Å²) in [5, 5.41) is 17.3. The van der Waals surface area contributed by atoms with Crippen molar-refractivity contribution in [1.29, 1.82) is 0 Å². The van der Waals surface area contributed by atoms with Gasteiger partial charge in [0.1, 0.15) is 0 Å². The van der Waals surface area contributed by atoms with Crippen LogP contribution in [0, 0.1) is 6.92 Å². The summed E-state index contributed by atoms with van der Waals surface area (Å²) in [6, 6.07) is 14.6. The molecule has 1 aromatic heterocycles. The molecule has 0 radical (unpaired) electrons. The molecule has 1 fully saturated rings. The van der Waals surface area contributed by atoms with Gasteiger partial charge in [0.25, 0.3) is 5.91 Å². The van der Waals surface area contributed by atoms with Gasteiger partial charge in [-0.3, -0.25) is 4.79 Å². The third kappa shape index (κ3) is 4.02. The number of ether oxygens (including phenoxy) is 1. The minimum Gasteiger partial charge on any atom is -0.479 e. The Hall–Kier alpha value is -3.52. The third-order valence-electron chi connectivity index (χ3n) is 4.73. The zero-order valence-corrected chi connectivity index (χ0v) is 15.7. The Morgan fingerprint density at radius 2 is 1.59 bits per heavy atom. The predicted octanol–water partition coefficient (Wildman–Crippen LogP) is 2.64. The van der Waals surface area contributed by atoms with Gasteiger partial charge >= 0.3 is 5.97 Å². The maximum atomic E-state index is 12.7. The molecular formula is C21H19N3O5. The standard InChI is InChI=1S/C21H19N3O5/c1-13-2-4-14(5-3-13)18-22-23-19(29-18)15-6-8-16(9-7-15)20(25)24-10-11-28-17(12-24)21(26)27/h2-9,17H,10-12H2,1H3,(H,26,27)/t17-/m1/s1. The van der Waals surface area contributed by atoms with Crippen LogP contribution in [0.5, 0.6) is 0 Å². The Bertz CT molecular complexity index is 1030. The topological polar surface area (TPSA) is 106 Å². The third-order valence-corrected chi connectivity index (χ3v) is 4.73. The van der Waals surface area contributed by atoms with Crippen LogP contribution in [0.4, 0.5) is 0 Å². The van der Waals surface area contributed by atoms with Crippen LogP contribution >= 0.6 is 0 Å². The number of carboxylic acids is 1. The number of benzene rings is 2. The molecule has 8 nitrogen and oxygen atoms in total. The van der Waals surface area contributed by atoms with Crippen molar-refractivity contribution in [2.75, 3.05) is 19.7 Å². The van der Waals surface area contributed by atoms with E-state index in [0.717, 1.165) is 11.1 Å². The van der Waals surface area contributed by atoms with Crippen molar-refractivity contribution in [3.63, 3.8) is 0 Å². The van der Waals surface area contributed by atoms with Crippen molar-refractivity contribution >= 4 is 11.9 Å². The maximum absolute atomic E-state index is 12.7. The van der Waals surface area contributed by atoms with E-state index in [2.05, 4.69) is 10.2 Å². The Balaban J connectivity index is 1.49. The largest absolute Gasteiger partial charge is 0.479 e. The van der Waals surface area contributed by atoms with Gasteiger partial charge in [0.2, 0.25) is 11.8 Å². The van der Waals surface area contributed by atoms with Crippen LogP contribution in [-0.4, -0.2) is 57.9 Å². The highest BCUT2D eigenvalue weighted by atomic mass is 16.5. The highest BCUT2D eigenvalue weighted by molar-refractivity contribution is 5.95. The van der Waals surface area contributed by atoms with Crippen LogP contribution in [0.2, 0.25) is 0 Å². The lowest BCUT2D eigenvalue weighted by molar-refractivity contribution is -0.154. The minimum atomic E-state index is -1.07.